The molecule has 0 spiro atoms. The maximum absolute atomic E-state index is 13.1. The van der Waals surface area contributed by atoms with Gasteiger partial charge in [-0.1, -0.05) is 12.1 Å². The topological polar surface area (TPSA) is 98.5 Å². The molecule has 0 aromatic heterocycles. The molecule has 0 saturated heterocycles. The second-order valence-corrected chi connectivity index (χ2v) is 5.37. The lowest BCUT2D eigenvalue weighted by atomic mass is 10.1. The lowest BCUT2D eigenvalue weighted by molar-refractivity contribution is -0.152. The van der Waals surface area contributed by atoms with Crippen molar-refractivity contribution < 1.29 is 23.5 Å². The monoisotopic (exact) mass is 344 g/mol. The number of hydrogen-bond donors (Lipinski definition) is 2. The van der Waals surface area contributed by atoms with Crippen LogP contribution in [0.2, 0.25) is 0 Å². The number of carbonyl (C=O) groups is 3. The van der Waals surface area contributed by atoms with Gasteiger partial charge in [-0.3, -0.25) is 14.4 Å². The van der Waals surface area contributed by atoms with E-state index in [-0.39, 0.29) is 6.42 Å². The van der Waals surface area contributed by atoms with Crippen LogP contribution in [-0.2, 0) is 20.7 Å². The van der Waals surface area contributed by atoms with Gasteiger partial charge in [-0.2, -0.15) is 0 Å². The predicted molar refractivity (Wildman–Crippen MR) is 89.2 cm³/mol. The molecule has 1 unspecified atom stereocenters. The summed E-state index contributed by atoms with van der Waals surface area (Å²) in [5.41, 5.74) is 6.34. The van der Waals surface area contributed by atoms with Crippen LogP contribution in [0.4, 0.5) is 10.1 Å². The molecule has 0 heterocycles. The summed E-state index contributed by atoms with van der Waals surface area (Å²) in [5.74, 6) is -2.19. The molecule has 0 aliphatic rings. The number of benzene rings is 2. The summed E-state index contributed by atoms with van der Waals surface area (Å²) in [6.07, 6.45) is -1.17. The fourth-order valence-corrected chi connectivity index (χ4v) is 2.07. The van der Waals surface area contributed by atoms with Crippen molar-refractivity contribution in [2.24, 2.45) is 5.73 Å². The van der Waals surface area contributed by atoms with Gasteiger partial charge in [0.1, 0.15) is 5.82 Å². The Labute approximate surface area is 143 Å². The maximum atomic E-state index is 13.1. The molecule has 2 aromatic carbocycles. The van der Waals surface area contributed by atoms with Crippen LogP contribution in [0.3, 0.4) is 0 Å². The van der Waals surface area contributed by atoms with E-state index in [2.05, 4.69) is 5.32 Å². The molecule has 0 saturated carbocycles. The molecule has 25 heavy (non-hydrogen) atoms. The number of rotatable bonds is 6. The second kappa shape index (κ2) is 8.05. The minimum atomic E-state index is -1.03. The summed E-state index contributed by atoms with van der Waals surface area (Å²) in [6, 6.07) is 11.6. The highest BCUT2D eigenvalue weighted by atomic mass is 19.1. The van der Waals surface area contributed by atoms with Crippen molar-refractivity contribution in [1.82, 2.24) is 0 Å². The number of esters is 1. The van der Waals surface area contributed by atoms with Gasteiger partial charge in [0.25, 0.3) is 5.91 Å². The van der Waals surface area contributed by atoms with Crippen molar-refractivity contribution in [3.63, 3.8) is 0 Å². The zero-order valence-corrected chi connectivity index (χ0v) is 13.5. The van der Waals surface area contributed by atoms with Gasteiger partial charge in [0.2, 0.25) is 5.91 Å². The summed E-state index contributed by atoms with van der Waals surface area (Å²) in [7, 11) is 0. The molecule has 0 bridgehead atoms. The highest BCUT2D eigenvalue weighted by molar-refractivity contribution is 5.96. The first kappa shape index (κ1) is 18.1. The molecule has 3 N–H and O–H groups in total. The van der Waals surface area contributed by atoms with Crippen molar-refractivity contribution in [3.05, 3.63) is 65.5 Å². The lowest BCUT2D eigenvalue weighted by Crippen LogP contribution is -2.30. The molecule has 2 aromatic rings. The minimum Gasteiger partial charge on any atom is -0.452 e. The van der Waals surface area contributed by atoms with E-state index in [1.807, 2.05) is 0 Å². The molecule has 130 valence electrons. The summed E-state index contributed by atoms with van der Waals surface area (Å²) in [6.45, 7) is 1.43. The van der Waals surface area contributed by atoms with E-state index in [4.69, 9.17) is 10.5 Å². The number of ether oxygens (including phenoxy) is 1. The minimum absolute atomic E-state index is 0.136. The molecule has 0 aliphatic heterocycles. The van der Waals surface area contributed by atoms with Crippen LogP contribution < -0.4 is 11.1 Å². The normalized spacial score (nSPS) is 11.4. The van der Waals surface area contributed by atoms with Crippen LogP contribution in [0.1, 0.15) is 22.8 Å². The van der Waals surface area contributed by atoms with Gasteiger partial charge in [0.05, 0.1) is 6.42 Å². The van der Waals surface area contributed by atoms with Crippen molar-refractivity contribution in [1.29, 1.82) is 0 Å². The van der Waals surface area contributed by atoms with E-state index in [0.717, 1.165) is 0 Å². The SMILES string of the molecule is CC(OC(=O)Cc1cccc(F)c1)C(=O)Nc1ccc(C(N)=O)cc1. The van der Waals surface area contributed by atoms with Crippen LogP contribution >= 0.6 is 0 Å². The Morgan fingerprint density at radius 3 is 2.44 bits per heavy atom. The average Bonchev–Trinajstić information content (AvgIpc) is 2.55. The molecule has 2 rings (SSSR count). The molecule has 2 amide bonds. The Morgan fingerprint density at radius 1 is 1.16 bits per heavy atom. The Balaban J connectivity index is 1.88. The van der Waals surface area contributed by atoms with Gasteiger partial charge >= 0.3 is 5.97 Å². The summed E-state index contributed by atoms with van der Waals surface area (Å²) >= 11 is 0. The number of primary amides is 1. The fourth-order valence-electron chi connectivity index (χ4n) is 2.07. The molecule has 7 heteroatoms. The fraction of sp³-hybridized carbons (Fsp3) is 0.167. The molecule has 6 nitrogen and oxygen atoms in total. The van der Waals surface area contributed by atoms with Gasteiger partial charge in [0, 0.05) is 11.3 Å². The highest BCUT2D eigenvalue weighted by Crippen LogP contribution is 2.11. The third-order valence-electron chi connectivity index (χ3n) is 3.35. The molecular weight excluding hydrogens is 327 g/mol. The van der Waals surface area contributed by atoms with Crippen molar-refractivity contribution >= 4 is 23.5 Å². The predicted octanol–water partition coefficient (Wildman–Crippen LogP) is 2.04. The molecule has 0 aliphatic carbocycles. The number of halogens is 1. The molecule has 1 atom stereocenters. The van der Waals surface area contributed by atoms with Crippen LogP contribution in [-0.4, -0.2) is 23.9 Å². The quantitative estimate of drug-likeness (QED) is 0.784. The van der Waals surface area contributed by atoms with Crippen molar-refractivity contribution in [2.75, 3.05) is 5.32 Å². The summed E-state index contributed by atoms with van der Waals surface area (Å²) < 4.78 is 18.1. The van der Waals surface area contributed by atoms with E-state index in [1.54, 1.807) is 6.07 Å². The van der Waals surface area contributed by atoms with Crippen LogP contribution in [0, 0.1) is 5.82 Å². The largest absolute Gasteiger partial charge is 0.452 e. The number of hydrogen-bond acceptors (Lipinski definition) is 4. The number of amides is 2. The van der Waals surface area contributed by atoms with E-state index in [0.29, 0.717) is 16.8 Å². The van der Waals surface area contributed by atoms with Crippen molar-refractivity contribution in [3.8, 4) is 0 Å². The van der Waals surface area contributed by atoms with Gasteiger partial charge in [-0.25, -0.2) is 4.39 Å². The van der Waals surface area contributed by atoms with E-state index >= 15 is 0 Å². The smallest absolute Gasteiger partial charge is 0.311 e. The summed E-state index contributed by atoms with van der Waals surface area (Å²) in [4.78, 5) is 34.9. The first-order valence-corrected chi connectivity index (χ1v) is 7.50. The summed E-state index contributed by atoms with van der Waals surface area (Å²) in [5, 5.41) is 2.56. The van der Waals surface area contributed by atoms with Crippen LogP contribution in [0.25, 0.3) is 0 Å². The van der Waals surface area contributed by atoms with Crippen molar-refractivity contribution in [2.45, 2.75) is 19.4 Å². The number of nitrogens with two attached hydrogens (primary N) is 1. The Kier molecular flexibility index (Phi) is 5.84. The second-order valence-electron chi connectivity index (χ2n) is 5.37. The van der Waals surface area contributed by atoms with E-state index in [9.17, 15) is 18.8 Å². The van der Waals surface area contributed by atoms with Gasteiger partial charge < -0.3 is 15.8 Å². The van der Waals surface area contributed by atoms with Gasteiger partial charge in [-0.15, -0.1) is 0 Å². The molecule has 0 fully saturated rings. The molecular formula is C18H17FN2O4. The first-order valence-electron chi connectivity index (χ1n) is 7.50. The standard InChI is InChI=1S/C18H17FN2O4/c1-11(25-16(22)10-12-3-2-4-14(19)9-12)18(24)21-15-7-5-13(6-8-15)17(20)23/h2-9,11H,10H2,1H3,(H2,20,23)(H,21,24). The van der Waals surface area contributed by atoms with E-state index < -0.39 is 29.7 Å². The van der Waals surface area contributed by atoms with E-state index in [1.165, 1.54) is 49.4 Å². The average molecular weight is 344 g/mol. The number of anilines is 1. The van der Waals surface area contributed by atoms with Crippen LogP contribution in [0.5, 0.6) is 0 Å². The zero-order valence-electron chi connectivity index (χ0n) is 13.5. The number of nitrogens with one attached hydrogen (secondary N) is 1. The number of carbonyl (C=O) groups excluding carboxylic acids is 3. The van der Waals surface area contributed by atoms with Crippen LogP contribution in [0.15, 0.2) is 48.5 Å². The Hall–Kier alpha value is -3.22. The van der Waals surface area contributed by atoms with Gasteiger partial charge in [0.15, 0.2) is 6.10 Å². The van der Waals surface area contributed by atoms with Gasteiger partial charge in [-0.05, 0) is 48.9 Å². The lowest BCUT2D eigenvalue weighted by Gasteiger charge is -2.13. The first-order chi connectivity index (χ1) is 11.8. The molecule has 0 radical (unpaired) electrons. The Morgan fingerprint density at radius 2 is 1.84 bits per heavy atom. The highest BCUT2D eigenvalue weighted by Gasteiger charge is 2.18. The third kappa shape index (κ3) is 5.42. The Bertz CT molecular complexity index is 790. The zero-order chi connectivity index (χ0) is 18.4. The third-order valence-corrected chi connectivity index (χ3v) is 3.35. The maximum Gasteiger partial charge on any atom is 0.311 e.